The van der Waals surface area contributed by atoms with E-state index >= 15 is 0 Å². The van der Waals surface area contributed by atoms with E-state index in [0.717, 1.165) is 32.2 Å². The number of hydrogen-bond acceptors (Lipinski definition) is 3. The molecule has 14 heavy (non-hydrogen) atoms. The highest BCUT2D eigenvalue weighted by Gasteiger charge is 2.36. The van der Waals surface area contributed by atoms with Gasteiger partial charge in [-0.25, -0.2) is 0 Å². The minimum Gasteiger partial charge on any atom is -0.377 e. The molecule has 2 unspecified atom stereocenters. The molecule has 0 aromatic heterocycles. The van der Waals surface area contributed by atoms with Crippen LogP contribution in [0.25, 0.3) is 0 Å². The molecule has 2 fully saturated rings. The molecule has 2 heterocycles. The molecule has 2 saturated heterocycles. The molecule has 82 valence electrons. The Labute approximate surface area is 86.4 Å². The average molecular weight is 199 g/mol. The SMILES string of the molecule is CC(C)OCCN1CC2CCOC2C1. The molecule has 0 radical (unpaired) electrons. The minimum absolute atomic E-state index is 0.355. The van der Waals surface area contributed by atoms with Crippen molar-refractivity contribution in [3.8, 4) is 0 Å². The van der Waals surface area contributed by atoms with Crippen molar-refractivity contribution in [2.45, 2.75) is 32.5 Å². The molecule has 3 nitrogen and oxygen atoms in total. The van der Waals surface area contributed by atoms with Crippen LogP contribution < -0.4 is 0 Å². The van der Waals surface area contributed by atoms with Crippen LogP contribution in [0.15, 0.2) is 0 Å². The maximum absolute atomic E-state index is 5.65. The maximum atomic E-state index is 5.65. The van der Waals surface area contributed by atoms with Crippen LogP contribution in [0, 0.1) is 5.92 Å². The summed E-state index contributed by atoms with van der Waals surface area (Å²) in [5, 5.41) is 0. The normalized spacial score (nSPS) is 32.8. The summed E-state index contributed by atoms with van der Waals surface area (Å²) in [4.78, 5) is 2.47. The van der Waals surface area contributed by atoms with Crippen molar-refractivity contribution in [3.63, 3.8) is 0 Å². The van der Waals surface area contributed by atoms with Crippen molar-refractivity contribution in [2.24, 2.45) is 5.92 Å². The first kappa shape index (κ1) is 10.4. The van der Waals surface area contributed by atoms with Gasteiger partial charge >= 0.3 is 0 Å². The van der Waals surface area contributed by atoms with Crippen LogP contribution in [0.2, 0.25) is 0 Å². The lowest BCUT2D eigenvalue weighted by Crippen LogP contribution is -2.28. The Morgan fingerprint density at radius 2 is 2.29 bits per heavy atom. The number of ether oxygens (including phenoxy) is 2. The number of nitrogens with zero attached hydrogens (tertiary/aromatic N) is 1. The molecule has 0 aliphatic carbocycles. The van der Waals surface area contributed by atoms with Crippen LogP contribution in [0.3, 0.4) is 0 Å². The Hall–Kier alpha value is -0.120. The molecule has 2 atom stereocenters. The molecule has 0 spiro atoms. The van der Waals surface area contributed by atoms with Gasteiger partial charge in [0.2, 0.25) is 0 Å². The van der Waals surface area contributed by atoms with Crippen molar-refractivity contribution in [1.29, 1.82) is 0 Å². The largest absolute Gasteiger partial charge is 0.377 e. The second kappa shape index (κ2) is 4.60. The molecule has 0 aromatic rings. The van der Waals surface area contributed by atoms with E-state index in [1.165, 1.54) is 13.0 Å². The predicted molar refractivity (Wildman–Crippen MR) is 55.4 cm³/mol. The summed E-state index contributed by atoms with van der Waals surface area (Å²) >= 11 is 0. The zero-order valence-corrected chi connectivity index (χ0v) is 9.24. The molecule has 2 rings (SSSR count). The summed E-state index contributed by atoms with van der Waals surface area (Å²) in [6, 6.07) is 0. The molecular formula is C11H21NO2. The summed E-state index contributed by atoms with van der Waals surface area (Å²) in [6.07, 6.45) is 2.13. The van der Waals surface area contributed by atoms with Gasteiger partial charge in [-0.3, -0.25) is 4.90 Å². The minimum atomic E-state index is 0.355. The fourth-order valence-corrected chi connectivity index (χ4v) is 2.36. The second-order valence-corrected chi connectivity index (χ2v) is 4.64. The molecule has 0 bridgehead atoms. The van der Waals surface area contributed by atoms with Crippen molar-refractivity contribution >= 4 is 0 Å². The Kier molecular flexibility index (Phi) is 3.42. The lowest BCUT2D eigenvalue weighted by molar-refractivity contribution is 0.0548. The molecule has 0 saturated carbocycles. The van der Waals surface area contributed by atoms with Gasteiger partial charge in [0.05, 0.1) is 18.8 Å². The first-order chi connectivity index (χ1) is 6.75. The summed E-state index contributed by atoms with van der Waals surface area (Å²) in [5.74, 6) is 0.800. The van der Waals surface area contributed by atoms with Crippen LogP contribution in [0.5, 0.6) is 0 Å². The number of hydrogen-bond donors (Lipinski definition) is 0. The van der Waals surface area contributed by atoms with Crippen LogP contribution in [-0.2, 0) is 9.47 Å². The number of likely N-dealkylation sites (tertiary alicyclic amines) is 1. The summed E-state index contributed by atoms with van der Waals surface area (Å²) in [6.45, 7) is 9.40. The van der Waals surface area contributed by atoms with E-state index in [0.29, 0.717) is 12.2 Å². The zero-order valence-electron chi connectivity index (χ0n) is 9.24. The first-order valence-corrected chi connectivity index (χ1v) is 5.71. The molecule has 0 amide bonds. The predicted octanol–water partition coefficient (Wildman–Crippen LogP) is 1.13. The standard InChI is InChI=1S/C11H21NO2/c1-9(2)13-6-4-12-7-10-3-5-14-11(10)8-12/h9-11H,3-8H2,1-2H3. The van der Waals surface area contributed by atoms with E-state index in [1.807, 2.05) is 0 Å². The lowest BCUT2D eigenvalue weighted by atomic mass is 10.1. The zero-order chi connectivity index (χ0) is 9.97. The molecule has 3 heteroatoms. The maximum Gasteiger partial charge on any atom is 0.0743 e. The van der Waals surface area contributed by atoms with Gasteiger partial charge in [0.15, 0.2) is 0 Å². The lowest BCUT2D eigenvalue weighted by Gasteiger charge is -2.17. The van der Waals surface area contributed by atoms with Crippen molar-refractivity contribution in [1.82, 2.24) is 4.90 Å². The molecule has 2 aliphatic heterocycles. The molecular weight excluding hydrogens is 178 g/mol. The van der Waals surface area contributed by atoms with Gasteiger partial charge in [-0.15, -0.1) is 0 Å². The van der Waals surface area contributed by atoms with Crippen molar-refractivity contribution < 1.29 is 9.47 Å². The quantitative estimate of drug-likeness (QED) is 0.677. The van der Waals surface area contributed by atoms with Gasteiger partial charge in [-0.2, -0.15) is 0 Å². The van der Waals surface area contributed by atoms with Gasteiger partial charge in [-0.1, -0.05) is 0 Å². The number of fused-ring (bicyclic) bond motifs is 1. The summed E-state index contributed by atoms with van der Waals surface area (Å²) in [7, 11) is 0. The smallest absolute Gasteiger partial charge is 0.0743 e. The van der Waals surface area contributed by atoms with Gasteiger partial charge in [0.25, 0.3) is 0 Å². The van der Waals surface area contributed by atoms with Crippen LogP contribution in [0.4, 0.5) is 0 Å². The third-order valence-electron chi connectivity index (χ3n) is 3.14. The van der Waals surface area contributed by atoms with E-state index in [-0.39, 0.29) is 0 Å². The van der Waals surface area contributed by atoms with Gasteiger partial charge < -0.3 is 9.47 Å². The molecule has 2 aliphatic rings. The third-order valence-corrected chi connectivity index (χ3v) is 3.14. The fraction of sp³-hybridized carbons (Fsp3) is 1.00. The van der Waals surface area contributed by atoms with Crippen LogP contribution in [-0.4, -0.2) is 50.0 Å². The topological polar surface area (TPSA) is 21.7 Å². The Morgan fingerprint density at radius 3 is 3.00 bits per heavy atom. The second-order valence-electron chi connectivity index (χ2n) is 4.64. The molecule has 0 N–H and O–H groups in total. The van der Waals surface area contributed by atoms with Gasteiger partial charge in [0.1, 0.15) is 0 Å². The van der Waals surface area contributed by atoms with E-state index < -0.39 is 0 Å². The van der Waals surface area contributed by atoms with Crippen LogP contribution >= 0.6 is 0 Å². The third kappa shape index (κ3) is 2.47. The Morgan fingerprint density at radius 1 is 1.43 bits per heavy atom. The highest BCUT2D eigenvalue weighted by atomic mass is 16.5. The first-order valence-electron chi connectivity index (χ1n) is 5.71. The van der Waals surface area contributed by atoms with Crippen LogP contribution in [0.1, 0.15) is 20.3 Å². The van der Waals surface area contributed by atoms with E-state index in [9.17, 15) is 0 Å². The Bertz CT molecular complexity index is 172. The van der Waals surface area contributed by atoms with Gasteiger partial charge in [-0.05, 0) is 20.3 Å². The van der Waals surface area contributed by atoms with E-state index in [2.05, 4.69) is 18.7 Å². The van der Waals surface area contributed by atoms with E-state index in [1.54, 1.807) is 0 Å². The monoisotopic (exact) mass is 199 g/mol. The van der Waals surface area contributed by atoms with Crippen molar-refractivity contribution in [2.75, 3.05) is 32.8 Å². The Balaban J connectivity index is 1.64. The van der Waals surface area contributed by atoms with Gasteiger partial charge in [0, 0.05) is 32.2 Å². The summed E-state index contributed by atoms with van der Waals surface area (Å²) in [5.41, 5.74) is 0. The highest BCUT2D eigenvalue weighted by Crippen LogP contribution is 2.28. The average Bonchev–Trinajstić information content (AvgIpc) is 2.62. The number of rotatable bonds is 4. The summed E-state index contributed by atoms with van der Waals surface area (Å²) < 4.78 is 11.2. The van der Waals surface area contributed by atoms with E-state index in [4.69, 9.17) is 9.47 Å². The fourth-order valence-electron chi connectivity index (χ4n) is 2.36. The van der Waals surface area contributed by atoms with Crippen molar-refractivity contribution in [3.05, 3.63) is 0 Å². The highest BCUT2D eigenvalue weighted by molar-refractivity contribution is 4.88. The molecule has 0 aromatic carbocycles.